The van der Waals surface area contributed by atoms with Crippen LogP contribution in [0.2, 0.25) is 0 Å². The molecule has 0 aromatic rings. The van der Waals surface area contributed by atoms with Crippen LogP contribution in [-0.4, -0.2) is 24.3 Å². The quantitative estimate of drug-likeness (QED) is 0.502. The number of unbranched alkanes of at least 4 members (excludes halogenated alkanes) is 5. The molecule has 0 aromatic carbocycles. The van der Waals surface area contributed by atoms with Crippen molar-refractivity contribution in [2.24, 2.45) is 5.92 Å². The number of rotatable bonds is 13. The van der Waals surface area contributed by atoms with Gasteiger partial charge in [0, 0.05) is 13.2 Å². The van der Waals surface area contributed by atoms with E-state index in [1.54, 1.807) is 0 Å². The SMILES string of the molecule is CCCCCCCC(CCOCCCC)C(=O)O. The van der Waals surface area contributed by atoms with Crippen molar-refractivity contribution in [1.82, 2.24) is 0 Å². The van der Waals surface area contributed by atoms with E-state index in [1.807, 2.05) is 0 Å². The zero-order valence-electron chi connectivity index (χ0n) is 12.1. The maximum atomic E-state index is 11.1. The van der Waals surface area contributed by atoms with Crippen molar-refractivity contribution in [1.29, 1.82) is 0 Å². The van der Waals surface area contributed by atoms with E-state index in [2.05, 4.69) is 13.8 Å². The summed E-state index contributed by atoms with van der Waals surface area (Å²) < 4.78 is 5.44. The number of carbonyl (C=O) groups is 1. The lowest BCUT2D eigenvalue weighted by Crippen LogP contribution is -2.16. The van der Waals surface area contributed by atoms with E-state index in [0.717, 1.165) is 38.7 Å². The summed E-state index contributed by atoms with van der Waals surface area (Å²) in [6.07, 6.45) is 9.57. The number of aliphatic carboxylic acids is 1. The van der Waals surface area contributed by atoms with Gasteiger partial charge in [0.05, 0.1) is 5.92 Å². The fourth-order valence-corrected chi connectivity index (χ4v) is 1.96. The van der Waals surface area contributed by atoms with E-state index in [-0.39, 0.29) is 5.92 Å². The standard InChI is InChI=1S/C15H30O3/c1-3-5-7-8-9-10-14(15(16)17)11-13-18-12-6-4-2/h14H,3-13H2,1-2H3,(H,16,17). The molecule has 0 radical (unpaired) electrons. The van der Waals surface area contributed by atoms with Gasteiger partial charge < -0.3 is 9.84 Å². The third-order valence-electron chi connectivity index (χ3n) is 3.26. The van der Waals surface area contributed by atoms with Crippen LogP contribution in [0.1, 0.15) is 71.6 Å². The molecule has 1 atom stereocenters. The zero-order valence-corrected chi connectivity index (χ0v) is 12.1. The number of ether oxygens (including phenoxy) is 1. The highest BCUT2D eigenvalue weighted by Gasteiger charge is 2.16. The maximum Gasteiger partial charge on any atom is 0.306 e. The Morgan fingerprint density at radius 2 is 1.61 bits per heavy atom. The number of carboxylic acids is 1. The minimum atomic E-state index is -0.662. The predicted octanol–water partition coefficient (Wildman–Crippen LogP) is 4.25. The van der Waals surface area contributed by atoms with E-state index < -0.39 is 5.97 Å². The lowest BCUT2D eigenvalue weighted by atomic mass is 9.98. The van der Waals surface area contributed by atoms with Crippen LogP contribution in [0.25, 0.3) is 0 Å². The van der Waals surface area contributed by atoms with Gasteiger partial charge in [0.1, 0.15) is 0 Å². The zero-order chi connectivity index (χ0) is 13.6. The van der Waals surface area contributed by atoms with Gasteiger partial charge in [-0.1, -0.05) is 52.4 Å². The molecule has 18 heavy (non-hydrogen) atoms. The summed E-state index contributed by atoms with van der Waals surface area (Å²) in [6.45, 7) is 5.67. The molecule has 0 spiro atoms. The molecule has 0 heterocycles. The fraction of sp³-hybridized carbons (Fsp3) is 0.933. The number of carboxylic acid groups (broad SMARTS) is 1. The third-order valence-corrected chi connectivity index (χ3v) is 3.26. The Morgan fingerprint density at radius 1 is 0.944 bits per heavy atom. The molecule has 1 N–H and O–H groups in total. The first-order valence-electron chi connectivity index (χ1n) is 7.52. The van der Waals surface area contributed by atoms with Crippen molar-refractivity contribution in [3.05, 3.63) is 0 Å². The number of hydrogen-bond acceptors (Lipinski definition) is 2. The van der Waals surface area contributed by atoms with E-state index in [0.29, 0.717) is 13.0 Å². The lowest BCUT2D eigenvalue weighted by molar-refractivity contribution is -0.142. The monoisotopic (exact) mass is 258 g/mol. The van der Waals surface area contributed by atoms with Gasteiger partial charge in [-0.2, -0.15) is 0 Å². The van der Waals surface area contributed by atoms with Crippen LogP contribution in [-0.2, 0) is 9.53 Å². The topological polar surface area (TPSA) is 46.5 Å². The summed E-state index contributed by atoms with van der Waals surface area (Å²) in [6, 6.07) is 0. The van der Waals surface area contributed by atoms with Crippen LogP contribution < -0.4 is 0 Å². The summed E-state index contributed by atoms with van der Waals surface area (Å²) in [5.41, 5.74) is 0. The van der Waals surface area contributed by atoms with Gasteiger partial charge in [0.2, 0.25) is 0 Å². The van der Waals surface area contributed by atoms with Gasteiger partial charge in [-0.05, 0) is 19.3 Å². The summed E-state index contributed by atoms with van der Waals surface area (Å²) >= 11 is 0. The second kappa shape index (κ2) is 12.9. The van der Waals surface area contributed by atoms with Crippen LogP contribution in [0.4, 0.5) is 0 Å². The fourth-order valence-electron chi connectivity index (χ4n) is 1.96. The molecule has 0 bridgehead atoms. The Hall–Kier alpha value is -0.570. The van der Waals surface area contributed by atoms with Crippen molar-refractivity contribution >= 4 is 5.97 Å². The van der Waals surface area contributed by atoms with Gasteiger partial charge in [-0.25, -0.2) is 0 Å². The molecule has 0 aliphatic rings. The first kappa shape index (κ1) is 17.4. The normalized spacial score (nSPS) is 12.6. The maximum absolute atomic E-state index is 11.1. The second-order valence-corrected chi connectivity index (χ2v) is 4.99. The highest BCUT2D eigenvalue weighted by atomic mass is 16.5. The average Bonchev–Trinajstić information content (AvgIpc) is 2.35. The van der Waals surface area contributed by atoms with Crippen LogP contribution in [0.3, 0.4) is 0 Å². The molecular formula is C15H30O3. The van der Waals surface area contributed by atoms with Gasteiger partial charge in [-0.3, -0.25) is 4.79 Å². The first-order valence-corrected chi connectivity index (χ1v) is 7.52. The molecule has 0 aliphatic carbocycles. The Kier molecular flexibility index (Phi) is 12.5. The molecule has 3 nitrogen and oxygen atoms in total. The molecule has 0 saturated carbocycles. The van der Waals surface area contributed by atoms with Crippen LogP contribution in [0.15, 0.2) is 0 Å². The van der Waals surface area contributed by atoms with Crippen molar-refractivity contribution in [3.63, 3.8) is 0 Å². The highest BCUT2D eigenvalue weighted by molar-refractivity contribution is 5.69. The van der Waals surface area contributed by atoms with Gasteiger partial charge in [-0.15, -0.1) is 0 Å². The largest absolute Gasteiger partial charge is 0.481 e. The van der Waals surface area contributed by atoms with Crippen molar-refractivity contribution in [2.75, 3.05) is 13.2 Å². The summed E-state index contributed by atoms with van der Waals surface area (Å²) in [5.74, 6) is -0.877. The molecule has 0 amide bonds. The molecule has 0 aliphatic heterocycles. The van der Waals surface area contributed by atoms with Crippen LogP contribution >= 0.6 is 0 Å². The summed E-state index contributed by atoms with van der Waals surface area (Å²) in [4.78, 5) is 11.1. The second-order valence-electron chi connectivity index (χ2n) is 4.99. The predicted molar refractivity (Wildman–Crippen MR) is 74.8 cm³/mol. The summed E-state index contributed by atoms with van der Waals surface area (Å²) in [7, 11) is 0. The van der Waals surface area contributed by atoms with E-state index >= 15 is 0 Å². The van der Waals surface area contributed by atoms with Crippen LogP contribution in [0, 0.1) is 5.92 Å². The molecule has 108 valence electrons. The molecule has 0 saturated heterocycles. The van der Waals surface area contributed by atoms with E-state index in [1.165, 1.54) is 19.3 Å². The van der Waals surface area contributed by atoms with Crippen molar-refractivity contribution in [3.8, 4) is 0 Å². The molecule has 0 fully saturated rings. The Balaban J connectivity index is 3.56. The highest BCUT2D eigenvalue weighted by Crippen LogP contribution is 2.15. The molecule has 3 heteroatoms. The first-order chi connectivity index (χ1) is 8.72. The Labute approximate surface area is 112 Å². The molecule has 0 rings (SSSR count). The van der Waals surface area contributed by atoms with Gasteiger partial charge in [0.25, 0.3) is 0 Å². The molecule has 1 unspecified atom stereocenters. The Morgan fingerprint density at radius 3 is 2.22 bits per heavy atom. The minimum Gasteiger partial charge on any atom is -0.481 e. The van der Waals surface area contributed by atoms with Crippen LogP contribution in [0.5, 0.6) is 0 Å². The van der Waals surface area contributed by atoms with Crippen molar-refractivity contribution in [2.45, 2.75) is 71.6 Å². The molecule has 0 aromatic heterocycles. The Bertz CT molecular complexity index is 178. The van der Waals surface area contributed by atoms with Crippen molar-refractivity contribution < 1.29 is 14.6 Å². The minimum absolute atomic E-state index is 0.215. The van der Waals surface area contributed by atoms with Gasteiger partial charge >= 0.3 is 5.97 Å². The van der Waals surface area contributed by atoms with E-state index in [9.17, 15) is 4.79 Å². The average molecular weight is 258 g/mol. The summed E-state index contributed by atoms with van der Waals surface area (Å²) in [5, 5.41) is 9.12. The third kappa shape index (κ3) is 10.6. The molecular weight excluding hydrogens is 228 g/mol. The van der Waals surface area contributed by atoms with E-state index in [4.69, 9.17) is 9.84 Å². The smallest absolute Gasteiger partial charge is 0.306 e. The van der Waals surface area contributed by atoms with Gasteiger partial charge in [0.15, 0.2) is 0 Å². The number of hydrogen-bond donors (Lipinski definition) is 1. The lowest BCUT2D eigenvalue weighted by Gasteiger charge is -2.12.